The molecule has 1 unspecified atom stereocenters. The molecule has 5 aromatic rings. The number of hydrogen-bond donors (Lipinski definition) is 2. The highest BCUT2D eigenvalue weighted by Gasteiger charge is 2.19. The van der Waals surface area contributed by atoms with Crippen LogP contribution in [0.5, 0.6) is 0 Å². The summed E-state index contributed by atoms with van der Waals surface area (Å²) in [6.45, 7) is 0.668. The van der Waals surface area contributed by atoms with Crippen LogP contribution in [0.25, 0.3) is 27.1 Å². The number of aromatic nitrogens is 2. The van der Waals surface area contributed by atoms with Crippen LogP contribution in [-0.2, 0) is 24.2 Å². The smallest absolute Gasteiger partial charge is 0.307 e. The third-order valence-electron chi connectivity index (χ3n) is 6.52. The molecule has 0 fully saturated rings. The van der Waals surface area contributed by atoms with Crippen LogP contribution in [0.15, 0.2) is 66.3 Å². The Morgan fingerprint density at radius 2 is 2.06 bits per heavy atom. The maximum absolute atomic E-state index is 11.5. The van der Waals surface area contributed by atoms with Gasteiger partial charge in [0, 0.05) is 51.2 Å². The molecule has 6 heteroatoms. The van der Waals surface area contributed by atoms with E-state index in [0.29, 0.717) is 6.54 Å². The second kappa shape index (κ2) is 7.94. The number of carboxylic acid groups (broad SMARTS) is 1. The minimum atomic E-state index is -0.819. The van der Waals surface area contributed by atoms with E-state index in [1.54, 1.807) is 11.3 Å². The predicted octanol–water partition coefficient (Wildman–Crippen LogP) is 6.87. The number of nitrogens with zero attached hydrogens (tertiary/aromatic N) is 1. The first kappa shape index (κ1) is 20.3. The molecule has 1 aliphatic carbocycles. The zero-order chi connectivity index (χ0) is 22.5. The average molecular weight is 473 g/mol. The van der Waals surface area contributed by atoms with Gasteiger partial charge >= 0.3 is 5.97 Å². The molecular weight excluding hydrogens is 452 g/mol. The van der Waals surface area contributed by atoms with E-state index >= 15 is 0 Å². The van der Waals surface area contributed by atoms with E-state index in [1.807, 2.05) is 24.5 Å². The first-order valence-electron chi connectivity index (χ1n) is 10.9. The number of allylic oxidation sites excluding steroid dienone is 1. The molecule has 3 heterocycles. The molecule has 4 nitrogen and oxygen atoms in total. The Balaban J connectivity index is 1.43. The van der Waals surface area contributed by atoms with E-state index in [4.69, 9.17) is 11.6 Å². The van der Waals surface area contributed by atoms with E-state index in [2.05, 4.69) is 57.4 Å². The highest BCUT2D eigenvalue weighted by atomic mass is 35.5. The number of rotatable bonds is 5. The van der Waals surface area contributed by atoms with Gasteiger partial charge in [0.2, 0.25) is 0 Å². The number of thiophene rings is 1. The summed E-state index contributed by atoms with van der Waals surface area (Å²) >= 11 is 7.97. The fourth-order valence-corrected chi connectivity index (χ4v) is 6.00. The quantitative estimate of drug-likeness (QED) is 0.293. The van der Waals surface area contributed by atoms with Crippen molar-refractivity contribution in [3.8, 4) is 0 Å². The fourth-order valence-electron chi connectivity index (χ4n) is 4.90. The standard InChI is InChI=1S/C27H21ClN2O2S/c28-21-4-6-26-23(12-21)20(15-33-26)14-30-13-19(11-27(31)32)22-5-3-18(10-25(22)30)17-2-1-16-7-8-29-24(16)9-17/h1-8,10,12-13,15,17,29H,9,11,14H2,(H,31,32). The van der Waals surface area contributed by atoms with Crippen LogP contribution in [0.3, 0.4) is 0 Å². The number of nitrogens with one attached hydrogen (secondary N) is 1. The van der Waals surface area contributed by atoms with Crippen LogP contribution in [0, 0.1) is 0 Å². The molecule has 1 aliphatic rings. The van der Waals surface area contributed by atoms with Gasteiger partial charge < -0.3 is 14.7 Å². The molecule has 3 aromatic heterocycles. The second-order valence-electron chi connectivity index (χ2n) is 8.61. The molecule has 0 amide bonds. The number of carbonyl (C=O) groups is 1. The Morgan fingerprint density at radius 1 is 1.15 bits per heavy atom. The Kier molecular flexibility index (Phi) is 4.89. The molecule has 0 bridgehead atoms. The summed E-state index contributed by atoms with van der Waals surface area (Å²) in [7, 11) is 0. The van der Waals surface area contributed by atoms with Crippen LogP contribution < -0.4 is 0 Å². The SMILES string of the molecule is O=C(O)Cc1cn(Cc2csc3ccc(Cl)cc23)c2cc(C3C=Cc4cc[nH]c4C3)ccc12. The lowest BCUT2D eigenvalue weighted by molar-refractivity contribution is -0.136. The molecule has 0 aliphatic heterocycles. The number of hydrogen-bond acceptors (Lipinski definition) is 2. The van der Waals surface area contributed by atoms with Crippen molar-refractivity contribution in [1.82, 2.24) is 9.55 Å². The maximum Gasteiger partial charge on any atom is 0.307 e. The maximum atomic E-state index is 11.5. The van der Waals surface area contributed by atoms with Gasteiger partial charge in [-0.15, -0.1) is 11.3 Å². The number of aromatic amines is 1. The molecular formula is C27H21ClN2O2S. The van der Waals surface area contributed by atoms with Crippen molar-refractivity contribution in [2.45, 2.75) is 25.3 Å². The molecule has 0 saturated heterocycles. The molecule has 0 spiro atoms. The Morgan fingerprint density at radius 3 is 2.94 bits per heavy atom. The van der Waals surface area contributed by atoms with Gasteiger partial charge in [0.1, 0.15) is 0 Å². The summed E-state index contributed by atoms with van der Waals surface area (Å²) in [5.41, 5.74) is 6.84. The topological polar surface area (TPSA) is 58.0 Å². The molecule has 2 N–H and O–H groups in total. The normalized spacial score (nSPS) is 15.4. The highest BCUT2D eigenvalue weighted by Crippen LogP contribution is 2.34. The summed E-state index contributed by atoms with van der Waals surface area (Å²) in [5, 5.41) is 14.5. The van der Waals surface area contributed by atoms with Gasteiger partial charge in [0.05, 0.1) is 6.42 Å². The lowest BCUT2D eigenvalue weighted by Crippen LogP contribution is -2.05. The number of aliphatic carboxylic acids is 1. The van der Waals surface area contributed by atoms with Crippen molar-refractivity contribution < 1.29 is 9.90 Å². The lowest BCUT2D eigenvalue weighted by atomic mass is 9.88. The second-order valence-corrected chi connectivity index (χ2v) is 9.96. The van der Waals surface area contributed by atoms with Gasteiger partial charge in [-0.1, -0.05) is 35.9 Å². The van der Waals surface area contributed by atoms with E-state index < -0.39 is 5.97 Å². The van der Waals surface area contributed by atoms with Gasteiger partial charge in [0.25, 0.3) is 0 Å². The molecule has 0 saturated carbocycles. The summed E-state index contributed by atoms with van der Waals surface area (Å²) < 4.78 is 3.39. The minimum absolute atomic E-state index is 0.00816. The van der Waals surface area contributed by atoms with Crippen molar-refractivity contribution in [2.24, 2.45) is 0 Å². The van der Waals surface area contributed by atoms with Crippen molar-refractivity contribution >= 4 is 56.0 Å². The zero-order valence-corrected chi connectivity index (χ0v) is 19.3. The number of fused-ring (bicyclic) bond motifs is 3. The highest BCUT2D eigenvalue weighted by molar-refractivity contribution is 7.17. The van der Waals surface area contributed by atoms with E-state index in [1.165, 1.54) is 27.1 Å². The van der Waals surface area contributed by atoms with Gasteiger partial charge in [-0.3, -0.25) is 4.79 Å². The third kappa shape index (κ3) is 3.67. The van der Waals surface area contributed by atoms with Crippen molar-refractivity contribution in [1.29, 1.82) is 0 Å². The van der Waals surface area contributed by atoms with Gasteiger partial charge in [-0.25, -0.2) is 0 Å². The number of carboxylic acids is 1. The number of halogens is 1. The molecule has 33 heavy (non-hydrogen) atoms. The first-order chi connectivity index (χ1) is 16.0. The Hall–Kier alpha value is -3.28. The third-order valence-corrected chi connectivity index (χ3v) is 7.76. The van der Waals surface area contributed by atoms with Crippen LogP contribution in [0.2, 0.25) is 5.02 Å². The van der Waals surface area contributed by atoms with Gasteiger partial charge in [0.15, 0.2) is 0 Å². The molecule has 0 radical (unpaired) electrons. The van der Waals surface area contributed by atoms with E-state index in [-0.39, 0.29) is 12.3 Å². The van der Waals surface area contributed by atoms with Crippen molar-refractivity contribution in [3.05, 3.63) is 99.3 Å². The Bertz CT molecular complexity index is 1560. The van der Waals surface area contributed by atoms with Crippen molar-refractivity contribution in [2.75, 3.05) is 0 Å². The molecule has 1 atom stereocenters. The number of benzene rings is 2. The van der Waals surface area contributed by atoms with Crippen LogP contribution in [0.4, 0.5) is 0 Å². The largest absolute Gasteiger partial charge is 0.481 e. The Labute approximate surface area is 199 Å². The lowest BCUT2D eigenvalue weighted by Gasteiger charge is -2.18. The fraction of sp³-hybridized carbons (Fsp3) is 0.148. The summed E-state index contributed by atoms with van der Waals surface area (Å²) in [6.07, 6.45) is 9.37. The van der Waals surface area contributed by atoms with Gasteiger partial charge in [-0.2, -0.15) is 0 Å². The number of H-pyrrole nitrogens is 1. The molecule has 2 aromatic carbocycles. The summed E-state index contributed by atoms with van der Waals surface area (Å²) in [5.74, 6) is -0.534. The van der Waals surface area contributed by atoms with Gasteiger partial charge in [-0.05, 0) is 69.8 Å². The minimum Gasteiger partial charge on any atom is -0.481 e. The average Bonchev–Trinajstić information content (AvgIpc) is 3.51. The summed E-state index contributed by atoms with van der Waals surface area (Å²) in [4.78, 5) is 14.9. The van der Waals surface area contributed by atoms with Crippen LogP contribution in [0.1, 0.15) is 33.9 Å². The van der Waals surface area contributed by atoms with Crippen LogP contribution >= 0.6 is 22.9 Å². The first-order valence-corrected chi connectivity index (χ1v) is 12.1. The van der Waals surface area contributed by atoms with Crippen LogP contribution in [-0.4, -0.2) is 20.6 Å². The van der Waals surface area contributed by atoms with E-state index in [0.717, 1.165) is 33.3 Å². The van der Waals surface area contributed by atoms with Crippen molar-refractivity contribution in [3.63, 3.8) is 0 Å². The van der Waals surface area contributed by atoms with E-state index in [9.17, 15) is 9.90 Å². The summed E-state index contributed by atoms with van der Waals surface area (Å²) in [6, 6.07) is 14.5. The monoisotopic (exact) mass is 472 g/mol. The predicted molar refractivity (Wildman–Crippen MR) is 135 cm³/mol. The molecule has 164 valence electrons. The molecule has 6 rings (SSSR count). The zero-order valence-electron chi connectivity index (χ0n) is 17.7.